The largest absolute Gasteiger partial charge is 0.337 e. The second-order valence-electron chi connectivity index (χ2n) is 5.86. The lowest BCUT2D eigenvalue weighted by Crippen LogP contribution is -2.34. The Morgan fingerprint density at radius 3 is 2.40 bits per heavy atom. The molecule has 1 fully saturated rings. The molecule has 1 saturated heterocycles. The fraction of sp³-hybridized carbons (Fsp3) is 0.412. The van der Waals surface area contributed by atoms with Gasteiger partial charge in [0.1, 0.15) is 0 Å². The van der Waals surface area contributed by atoms with Crippen molar-refractivity contribution in [2.45, 2.75) is 32.2 Å². The zero-order chi connectivity index (χ0) is 13.9. The van der Waals surface area contributed by atoms with Crippen LogP contribution < -0.4 is 4.90 Å². The highest BCUT2D eigenvalue weighted by molar-refractivity contribution is 5.37. The minimum atomic E-state index is 0.516. The molecule has 1 aliphatic rings. The highest BCUT2D eigenvalue weighted by atomic mass is 15.3. The maximum absolute atomic E-state index is 4.44. The number of rotatable bonds is 3. The molecule has 104 valence electrons. The van der Waals surface area contributed by atoms with E-state index >= 15 is 0 Å². The molecule has 0 amide bonds. The summed E-state index contributed by atoms with van der Waals surface area (Å²) in [6.45, 7) is 5.58. The molecule has 3 rings (SSSR count). The molecule has 0 N–H and O–H groups in total. The van der Waals surface area contributed by atoms with E-state index in [0.29, 0.717) is 17.9 Å². The summed E-state index contributed by atoms with van der Waals surface area (Å²) in [4.78, 5) is 11.2. The fourth-order valence-electron chi connectivity index (χ4n) is 3.13. The SMILES string of the molecule is CC(C)C1CC(c2ccccc2)CN1c1ncccn1. The summed E-state index contributed by atoms with van der Waals surface area (Å²) in [5, 5.41) is 0. The molecule has 1 aromatic heterocycles. The van der Waals surface area contributed by atoms with E-state index < -0.39 is 0 Å². The Balaban J connectivity index is 1.87. The highest BCUT2D eigenvalue weighted by Crippen LogP contribution is 2.36. The summed E-state index contributed by atoms with van der Waals surface area (Å²) < 4.78 is 0. The first-order valence-electron chi connectivity index (χ1n) is 7.34. The Labute approximate surface area is 120 Å². The van der Waals surface area contributed by atoms with E-state index in [1.54, 1.807) is 0 Å². The van der Waals surface area contributed by atoms with Gasteiger partial charge < -0.3 is 4.90 Å². The van der Waals surface area contributed by atoms with E-state index in [1.165, 1.54) is 12.0 Å². The lowest BCUT2D eigenvalue weighted by atomic mass is 9.93. The summed E-state index contributed by atoms with van der Waals surface area (Å²) >= 11 is 0. The lowest BCUT2D eigenvalue weighted by molar-refractivity contribution is 0.480. The van der Waals surface area contributed by atoms with Crippen LogP contribution in [0.1, 0.15) is 31.7 Å². The zero-order valence-corrected chi connectivity index (χ0v) is 12.1. The first-order chi connectivity index (χ1) is 9.75. The highest BCUT2D eigenvalue weighted by Gasteiger charge is 2.35. The van der Waals surface area contributed by atoms with Gasteiger partial charge in [0.05, 0.1) is 0 Å². The molecular weight excluding hydrogens is 246 g/mol. The van der Waals surface area contributed by atoms with Gasteiger partial charge in [-0.25, -0.2) is 9.97 Å². The van der Waals surface area contributed by atoms with Crippen LogP contribution >= 0.6 is 0 Å². The van der Waals surface area contributed by atoms with Crippen molar-refractivity contribution < 1.29 is 0 Å². The smallest absolute Gasteiger partial charge is 0.225 e. The Bertz CT molecular complexity index is 539. The predicted molar refractivity (Wildman–Crippen MR) is 81.8 cm³/mol. The molecule has 0 bridgehead atoms. The number of aromatic nitrogens is 2. The summed E-state index contributed by atoms with van der Waals surface area (Å²) in [7, 11) is 0. The maximum Gasteiger partial charge on any atom is 0.225 e. The number of nitrogens with zero attached hydrogens (tertiary/aromatic N) is 3. The standard InChI is InChI=1S/C17H21N3/c1-13(2)16-11-15(14-7-4-3-5-8-14)12-20(16)17-18-9-6-10-19-17/h3-10,13,15-16H,11-12H2,1-2H3. The molecule has 20 heavy (non-hydrogen) atoms. The third-order valence-corrected chi connectivity index (χ3v) is 4.19. The second-order valence-corrected chi connectivity index (χ2v) is 5.86. The van der Waals surface area contributed by atoms with Gasteiger partial charge in [-0.05, 0) is 24.0 Å². The molecule has 0 aliphatic carbocycles. The van der Waals surface area contributed by atoms with Crippen molar-refractivity contribution in [3.8, 4) is 0 Å². The average Bonchev–Trinajstić information content (AvgIpc) is 2.94. The van der Waals surface area contributed by atoms with Crippen LogP contribution in [0.3, 0.4) is 0 Å². The second kappa shape index (κ2) is 5.61. The van der Waals surface area contributed by atoms with Gasteiger partial charge in [0.15, 0.2) is 0 Å². The molecular formula is C17H21N3. The van der Waals surface area contributed by atoms with Crippen LogP contribution in [0.15, 0.2) is 48.8 Å². The summed E-state index contributed by atoms with van der Waals surface area (Å²) in [5.74, 6) is 2.05. The normalized spacial score (nSPS) is 22.4. The van der Waals surface area contributed by atoms with Crippen LogP contribution in [0.4, 0.5) is 5.95 Å². The zero-order valence-electron chi connectivity index (χ0n) is 12.1. The molecule has 2 unspecified atom stereocenters. The number of anilines is 1. The van der Waals surface area contributed by atoms with Crippen molar-refractivity contribution in [3.05, 3.63) is 54.4 Å². The molecule has 2 heterocycles. The molecule has 2 atom stereocenters. The Kier molecular flexibility index (Phi) is 3.68. The predicted octanol–water partition coefficient (Wildman–Crippen LogP) is 3.50. The third-order valence-electron chi connectivity index (χ3n) is 4.19. The van der Waals surface area contributed by atoms with Gasteiger partial charge in [-0.3, -0.25) is 0 Å². The summed E-state index contributed by atoms with van der Waals surface area (Å²) in [6.07, 6.45) is 4.84. The first-order valence-corrected chi connectivity index (χ1v) is 7.34. The molecule has 0 saturated carbocycles. The average molecular weight is 267 g/mol. The van der Waals surface area contributed by atoms with Crippen LogP contribution in [-0.2, 0) is 0 Å². The van der Waals surface area contributed by atoms with Crippen molar-refractivity contribution in [2.75, 3.05) is 11.4 Å². The Morgan fingerprint density at radius 2 is 1.75 bits per heavy atom. The third kappa shape index (κ3) is 2.53. The minimum absolute atomic E-state index is 0.516. The number of hydrogen-bond acceptors (Lipinski definition) is 3. The molecule has 2 aromatic rings. The van der Waals surface area contributed by atoms with Crippen LogP contribution in [0, 0.1) is 5.92 Å². The Morgan fingerprint density at radius 1 is 1.05 bits per heavy atom. The molecule has 0 radical (unpaired) electrons. The van der Waals surface area contributed by atoms with E-state index in [2.05, 4.69) is 59.0 Å². The molecule has 0 spiro atoms. The van der Waals surface area contributed by atoms with E-state index in [4.69, 9.17) is 0 Å². The van der Waals surface area contributed by atoms with Crippen LogP contribution in [-0.4, -0.2) is 22.6 Å². The van der Waals surface area contributed by atoms with Gasteiger partial charge in [-0.1, -0.05) is 44.2 Å². The first kappa shape index (κ1) is 13.1. The van der Waals surface area contributed by atoms with Crippen molar-refractivity contribution in [1.29, 1.82) is 0 Å². The van der Waals surface area contributed by atoms with Gasteiger partial charge in [0.2, 0.25) is 5.95 Å². The van der Waals surface area contributed by atoms with Crippen LogP contribution in [0.25, 0.3) is 0 Å². The lowest BCUT2D eigenvalue weighted by Gasteiger charge is -2.27. The van der Waals surface area contributed by atoms with E-state index in [9.17, 15) is 0 Å². The fourth-order valence-corrected chi connectivity index (χ4v) is 3.13. The van der Waals surface area contributed by atoms with Gasteiger partial charge in [0.25, 0.3) is 0 Å². The number of hydrogen-bond donors (Lipinski definition) is 0. The van der Waals surface area contributed by atoms with Crippen LogP contribution in [0.2, 0.25) is 0 Å². The van der Waals surface area contributed by atoms with Crippen molar-refractivity contribution in [2.24, 2.45) is 5.92 Å². The van der Waals surface area contributed by atoms with Gasteiger partial charge >= 0.3 is 0 Å². The Hall–Kier alpha value is -1.90. The van der Waals surface area contributed by atoms with Crippen molar-refractivity contribution in [1.82, 2.24) is 9.97 Å². The van der Waals surface area contributed by atoms with Gasteiger partial charge in [-0.15, -0.1) is 0 Å². The van der Waals surface area contributed by atoms with Gasteiger partial charge in [-0.2, -0.15) is 0 Å². The monoisotopic (exact) mass is 267 g/mol. The van der Waals surface area contributed by atoms with E-state index in [-0.39, 0.29) is 0 Å². The van der Waals surface area contributed by atoms with E-state index in [0.717, 1.165) is 12.5 Å². The van der Waals surface area contributed by atoms with Gasteiger partial charge in [0, 0.05) is 30.9 Å². The number of benzene rings is 1. The maximum atomic E-state index is 4.44. The summed E-state index contributed by atoms with van der Waals surface area (Å²) in [6, 6.07) is 13.2. The topological polar surface area (TPSA) is 29.0 Å². The van der Waals surface area contributed by atoms with Crippen molar-refractivity contribution >= 4 is 5.95 Å². The summed E-state index contributed by atoms with van der Waals surface area (Å²) in [5.41, 5.74) is 1.43. The van der Waals surface area contributed by atoms with Crippen LogP contribution in [0.5, 0.6) is 0 Å². The molecule has 1 aromatic carbocycles. The minimum Gasteiger partial charge on any atom is -0.337 e. The molecule has 3 heteroatoms. The molecule has 3 nitrogen and oxygen atoms in total. The van der Waals surface area contributed by atoms with E-state index in [1.807, 2.05) is 18.5 Å². The quantitative estimate of drug-likeness (QED) is 0.852. The van der Waals surface area contributed by atoms with Crippen molar-refractivity contribution in [3.63, 3.8) is 0 Å². The molecule has 1 aliphatic heterocycles.